The van der Waals surface area contributed by atoms with Crippen molar-refractivity contribution in [2.24, 2.45) is 0 Å². The van der Waals surface area contributed by atoms with E-state index in [0.717, 1.165) is 11.4 Å². The fraction of sp³-hybridized carbons (Fsp3) is 0. The van der Waals surface area contributed by atoms with E-state index in [1.807, 2.05) is 12.1 Å². The summed E-state index contributed by atoms with van der Waals surface area (Å²) in [5.41, 5.74) is 8.26. The molecule has 0 spiro atoms. The molecule has 1 heterocycles. The minimum Gasteiger partial charge on any atom is -0.399 e. The molecule has 0 aliphatic carbocycles. The van der Waals surface area contributed by atoms with Gasteiger partial charge in [-0.2, -0.15) is 5.26 Å². The predicted octanol–water partition coefficient (Wildman–Crippen LogP) is 2.28. The van der Waals surface area contributed by atoms with Gasteiger partial charge < -0.3 is 11.1 Å². The van der Waals surface area contributed by atoms with Crippen molar-refractivity contribution >= 4 is 17.1 Å². The lowest BCUT2D eigenvalue weighted by Crippen LogP contribution is -1.95. The van der Waals surface area contributed by atoms with Gasteiger partial charge in [-0.3, -0.25) is 4.98 Å². The molecule has 0 amide bonds. The highest BCUT2D eigenvalue weighted by molar-refractivity contribution is 5.68. The smallest absolute Gasteiger partial charge is 0.101 e. The van der Waals surface area contributed by atoms with Gasteiger partial charge in [-0.25, -0.2) is 0 Å². The molecule has 2 aromatic rings. The molecular weight excluding hydrogens is 200 g/mol. The van der Waals surface area contributed by atoms with E-state index in [4.69, 9.17) is 11.0 Å². The zero-order chi connectivity index (χ0) is 11.4. The molecule has 0 radical (unpaired) electrons. The van der Waals surface area contributed by atoms with E-state index >= 15 is 0 Å². The van der Waals surface area contributed by atoms with Crippen LogP contribution < -0.4 is 11.1 Å². The van der Waals surface area contributed by atoms with Gasteiger partial charge in [0, 0.05) is 11.9 Å². The van der Waals surface area contributed by atoms with Gasteiger partial charge in [0.1, 0.15) is 6.07 Å². The number of hydrogen-bond acceptors (Lipinski definition) is 4. The van der Waals surface area contributed by atoms with Crippen LogP contribution in [0.25, 0.3) is 0 Å². The van der Waals surface area contributed by atoms with E-state index in [1.165, 1.54) is 0 Å². The molecule has 0 atom stereocenters. The number of hydrogen-bond donors (Lipinski definition) is 2. The second-order valence-corrected chi connectivity index (χ2v) is 3.28. The second-order valence-electron chi connectivity index (χ2n) is 3.28. The maximum atomic E-state index is 8.96. The highest BCUT2D eigenvalue weighted by atomic mass is 14.9. The van der Waals surface area contributed by atoms with Crippen LogP contribution in [0.4, 0.5) is 17.1 Å². The average molecular weight is 210 g/mol. The first-order valence-electron chi connectivity index (χ1n) is 4.76. The van der Waals surface area contributed by atoms with E-state index in [1.54, 1.807) is 30.6 Å². The van der Waals surface area contributed by atoms with Crippen molar-refractivity contribution in [2.75, 3.05) is 11.1 Å². The quantitative estimate of drug-likeness (QED) is 0.745. The van der Waals surface area contributed by atoms with Gasteiger partial charge >= 0.3 is 0 Å². The van der Waals surface area contributed by atoms with Gasteiger partial charge in [-0.1, -0.05) is 0 Å². The Morgan fingerprint density at radius 1 is 1.31 bits per heavy atom. The van der Waals surface area contributed by atoms with Gasteiger partial charge in [-0.05, 0) is 30.3 Å². The van der Waals surface area contributed by atoms with E-state index in [-0.39, 0.29) is 0 Å². The molecule has 16 heavy (non-hydrogen) atoms. The molecule has 4 heteroatoms. The lowest BCUT2D eigenvalue weighted by atomic mass is 10.1. The van der Waals surface area contributed by atoms with Crippen LogP contribution in [-0.4, -0.2) is 4.98 Å². The standard InChI is InChI=1S/C12H10N4/c13-7-9-6-10(14)3-4-12(9)16-11-2-1-5-15-8-11/h1-6,8,16H,14H2. The SMILES string of the molecule is N#Cc1cc(N)ccc1Nc1cccnc1. The summed E-state index contributed by atoms with van der Waals surface area (Å²) in [6.07, 6.45) is 3.39. The number of nitriles is 1. The summed E-state index contributed by atoms with van der Waals surface area (Å²) in [6, 6.07) is 11.0. The number of pyridine rings is 1. The van der Waals surface area contributed by atoms with Crippen molar-refractivity contribution in [1.29, 1.82) is 5.26 Å². The van der Waals surface area contributed by atoms with Crippen molar-refractivity contribution in [2.45, 2.75) is 0 Å². The fourth-order valence-electron chi connectivity index (χ4n) is 1.36. The Morgan fingerprint density at radius 3 is 2.88 bits per heavy atom. The normalized spacial score (nSPS) is 9.44. The molecule has 0 aliphatic heterocycles. The summed E-state index contributed by atoms with van der Waals surface area (Å²) in [5, 5.41) is 12.1. The third-order valence-electron chi connectivity index (χ3n) is 2.10. The second kappa shape index (κ2) is 4.32. The van der Waals surface area contributed by atoms with Crippen LogP contribution in [0.3, 0.4) is 0 Å². The van der Waals surface area contributed by atoms with Gasteiger partial charge in [0.2, 0.25) is 0 Å². The first kappa shape index (κ1) is 9.99. The van der Waals surface area contributed by atoms with Crippen molar-refractivity contribution in [3.8, 4) is 6.07 Å². The zero-order valence-electron chi connectivity index (χ0n) is 8.51. The Morgan fingerprint density at radius 2 is 2.19 bits per heavy atom. The van der Waals surface area contributed by atoms with Crippen LogP contribution in [0.15, 0.2) is 42.7 Å². The van der Waals surface area contributed by atoms with Crippen molar-refractivity contribution in [3.63, 3.8) is 0 Å². The van der Waals surface area contributed by atoms with Gasteiger partial charge in [-0.15, -0.1) is 0 Å². The third kappa shape index (κ3) is 2.10. The molecule has 0 saturated carbocycles. The van der Waals surface area contributed by atoms with Gasteiger partial charge in [0.25, 0.3) is 0 Å². The molecule has 0 unspecified atom stereocenters. The largest absolute Gasteiger partial charge is 0.399 e. The molecule has 2 rings (SSSR count). The van der Waals surface area contributed by atoms with Crippen LogP contribution in [0.1, 0.15) is 5.56 Å². The number of nitrogens with two attached hydrogens (primary N) is 1. The average Bonchev–Trinajstić information content (AvgIpc) is 2.33. The highest BCUT2D eigenvalue weighted by Crippen LogP contribution is 2.21. The topological polar surface area (TPSA) is 74.7 Å². The molecule has 3 N–H and O–H groups in total. The molecule has 0 saturated heterocycles. The van der Waals surface area contributed by atoms with Crippen LogP contribution in [0.2, 0.25) is 0 Å². The number of nitrogens with zero attached hydrogens (tertiary/aromatic N) is 2. The number of benzene rings is 1. The molecule has 0 fully saturated rings. The Labute approximate surface area is 93.4 Å². The van der Waals surface area contributed by atoms with Crippen molar-refractivity contribution in [1.82, 2.24) is 4.98 Å². The molecule has 78 valence electrons. The Bertz CT molecular complexity index is 528. The zero-order valence-corrected chi connectivity index (χ0v) is 8.51. The van der Waals surface area contributed by atoms with E-state index < -0.39 is 0 Å². The molecule has 1 aromatic carbocycles. The molecule has 1 aromatic heterocycles. The molecule has 4 nitrogen and oxygen atoms in total. The minimum atomic E-state index is 0.517. The maximum Gasteiger partial charge on any atom is 0.101 e. The lowest BCUT2D eigenvalue weighted by molar-refractivity contribution is 1.32. The third-order valence-corrected chi connectivity index (χ3v) is 2.10. The van der Waals surface area contributed by atoms with Crippen molar-refractivity contribution in [3.05, 3.63) is 48.3 Å². The number of anilines is 3. The number of rotatable bonds is 2. The first-order chi connectivity index (χ1) is 7.79. The van der Waals surface area contributed by atoms with Gasteiger partial charge in [0.15, 0.2) is 0 Å². The highest BCUT2D eigenvalue weighted by Gasteiger charge is 2.02. The van der Waals surface area contributed by atoms with E-state index in [0.29, 0.717) is 11.3 Å². The molecule has 0 aliphatic rings. The molecule has 0 bridgehead atoms. The van der Waals surface area contributed by atoms with Gasteiger partial charge in [0.05, 0.1) is 23.1 Å². The fourth-order valence-corrected chi connectivity index (χ4v) is 1.36. The summed E-state index contributed by atoms with van der Waals surface area (Å²) >= 11 is 0. The lowest BCUT2D eigenvalue weighted by Gasteiger charge is -2.07. The number of aromatic nitrogens is 1. The molecular formula is C12H10N4. The number of nitrogens with one attached hydrogen (secondary N) is 1. The Kier molecular flexibility index (Phi) is 2.70. The summed E-state index contributed by atoms with van der Waals surface area (Å²) in [6.45, 7) is 0. The Hall–Kier alpha value is -2.54. The summed E-state index contributed by atoms with van der Waals surface area (Å²) in [5.74, 6) is 0. The van der Waals surface area contributed by atoms with Crippen LogP contribution in [0, 0.1) is 11.3 Å². The van der Waals surface area contributed by atoms with E-state index in [9.17, 15) is 0 Å². The van der Waals surface area contributed by atoms with Crippen LogP contribution in [0.5, 0.6) is 0 Å². The monoisotopic (exact) mass is 210 g/mol. The maximum absolute atomic E-state index is 8.96. The summed E-state index contributed by atoms with van der Waals surface area (Å²) in [7, 11) is 0. The van der Waals surface area contributed by atoms with Crippen LogP contribution in [-0.2, 0) is 0 Å². The number of nitrogen functional groups attached to an aromatic ring is 1. The van der Waals surface area contributed by atoms with E-state index in [2.05, 4.69) is 16.4 Å². The summed E-state index contributed by atoms with van der Waals surface area (Å²) in [4.78, 5) is 3.98. The first-order valence-corrected chi connectivity index (χ1v) is 4.76. The van der Waals surface area contributed by atoms with Crippen LogP contribution >= 0.6 is 0 Å². The Balaban J connectivity index is 2.32. The minimum absolute atomic E-state index is 0.517. The van der Waals surface area contributed by atoms with Crippen molar-refractivity contribution < 1.29 is 0 Å². The predicted molar refractivity (Wildman–Crippen MR) is 63.1 cm³/mol. The summed E-state index contributed by atoms with van der Waals surface area (Å²) < 4.78 is 0.